The van der Waals surface area contributed by atoms with Gasteiger partial charge in [-0.3, -0.25) is 38.3 Å². The topological polar surface area (TPSA) is 355 Å². The summed E-state index contributed by atoms with van der Waals surface area (Å²) in [5.74, 6) is -2.20. The van der Waals surface area contributed by atoms with Gasteiger partial charge in [0.2, 0.25) is 11.8 Å². The van der Waals surface area contributed by atoms with Gasteiger partial charge in [0.25, 0.3) is 11.8 Å². The molecule has 0 saturated carbocycles. The number of hydrogen-bond donors (Lipinski definition) is 6. The Morgan fingerprint density at radius 3 is 1.38 bits per heavy atom. The first-order valence-electron chi connectivity index (χ1n) is 25.9. The number of carbonyl (C=O) groups is 6. The average molecular weight is 1240 g/mol. The number of amides is 6. The molecule has 0 fully saturated rings. The Morgan fingerprint density at radius 2 is 0.977 bits per heavy atom. The van der Waals surface area contributed by atoms with Crippen LogP contribution < -0.4 is 26.7 Å². The van der Waals surface area contributed by atoms with Crippen LogP contribution in [0.3, 0.4) is 0 Å². The Balaban J connectivity index is 0.000000233. The van der Waals surface area contributed by atoms with E-state index in [1.165, 1.54) is 81.3 Å². The number of aryl methyl sites for hydroxylation is 4. The van der Waals surface area contributed by atoms with Crippen LogP contribution in [0, 0.1) is 13.8 Å². The number of rotatable bonds is 12. The van der Waals surface area contributed by atoms with Crippen molar-refractivity contribution in [2.45, 2.75) is 92.5 Å². The van der Waals surface area contributed by atoms with E-state index in [2.05, 4.69) is 71.3 Å². The van der Waals surface area contributed by atoms with Gasteiger partial charge in [0.05, 0.1) is 27.1 Å². The highest BCUT2D eigenvalue weighted by molar-refractivity contribution is 6.58. The zero-order valence-electron chi connectivity index (χ0n) is 49.2. The lowest BCUT2D eigenvalue weighted by molar-refractivity contribution is -0.121. The number of fused-ring (bicyclic) bond motifs is 2. The normalized spacial score (nSPS) is 11.8. The number of nitrogens with one attached hydrogen (secondary N) is 4. The van der Waals surface area contributed by atoms with Crippen LogP contribution >= 0.6 is 34.8 Å². The SMILES string of the molecule is CC(C(=O)Nc1cc(B(O)O)cc(NC(=O)c2ccc(Cl)cn2)n1)N(C)C(=O)OC(C)(C)C.Cc1nn(C)c2c(-c3cc(NC(=O)c4ccc(Cl)cn4)nc(NC(=O)C(C)N(C)C(=O)OC(C)(C)C)c3)ncnc12.Cc1nn(C)c2c(Cl)ncnc12. The fourth-order valence-corrected chi connectivity index (χ4v) is 8.00. The second kappa shape index (κ2) is 27.8. The van der Waals surface area contributed by atoms with E-state index in [0.29, 0.717) is 37.5 Å². The maximum Gasteiger partial charge on any atom is 0.488 e. The molecule has 6 N–H and O–H groups in total. The first-order chi connectivity index (χ1) is 40.2. The van der Waals surface area contributed by atoms with Crippen molar-refractivity contribution in [3.63, 3.8) is 0 Å². The molecule has 0 aliphatic rings. The molecule has 452 valence electrons. The molecule has 8 aromatic rings. The summed E-state index contributed by atoms with van der Waals surface area (Å²) in [5.41, 5.74) is 4.21. The predicted molar refractivity (Wildman–Crippen MR) is 323 cm³/mol. The van der Waals surface area contributed by atoms with Crippen molar-refractivity contribution in [3.8, 4) is 11.3 Å². The van der Waals surface area contributed by atoms with Gasteiger partial charge in [-0.2, -0.15) is 10.2 Å². The summed E-state index contributed by atoms with van der Waals surface area (Å²) in [6, 6.07) is 9.73. The van der Waals surface area contributed by atoms with Crippen molar-refractivity contribution in [1.82, 2.24) is 69.2 Å². The van der Waals surface area contributed by atoms with E-state index in [4.69, 9.17) is 44.3 Å². The third-order valence-electron chi connectivity index (χ3n) is 12.0. The predicted octanol–water partition coefficient (Wildman–Crippen LogP) is 6.81. The number of carbonyl (C=O) groups excluding carboxylic acids is 6. The zero-order chi connectivity index (χ0) is 63.7. The maximum absolute atomic E-state index is 13.2. The summed E-state index contributed by atoms with van der Waals surface area (Å²) in [4.78, 5) is 111. The van der Waals surface area contributed by atoms with E-state index in [0.717, 1.165) is 27.3 Å². The summed E-state index contributed by atoms with van der Waals surface area (Å²) in [6.07, 6.45) is 4.17. The lowest BCUT2D eigenvalue weighted by Gasteiger charge is -2.28. The molecule has 28 nitrogen and oxygen atoms in total. The Hall–Kier alpha value is -9.03. The molecule has 2 atom stereocenters. The van der Waals surface area contributed by atoms with Crippen LogP contribution in [0.2, 0.25) is 15.2 Å². The number of pyridine rings is 4. The smallest absolute Gasteiger partial charge is 0.444 e. The van der Waals surface area contributed by atoms with Crippen molar-refractivity contribution in [3.05, 3.63) is 112 Å². The number of anilines is 4. The maximum atomic E-state index is 13.2. The highest BCUT2D eigenvalue weighted by atomic mass is 35.5. The number of likely N-dealkylation sites (N-methyl/N-ethyl adjacent to an activating group) is 2. The minimum Gasteiger partial charge on any atom is -0.444 e. The molecule has 0 aromatic carbocycles. The van der Waals surface area contributed by atoms with Crippen LogP contribution in [0.4, 0.5) is 32.9 Å². The van der Waals surface area contributed by atoms with Crippen LogP contribution in [0.15, 0.2) is 73.6 Å². The number of aromatic nitrogens is 12. The molecule has 0 spiro atoms. The molecule has 86 heavy (non-hydrogen) atoms. The fraction of sp³-hybridized carbons (Fsp3) is 0.333. The van der Waals surface area contributed by atoms with E-state index < -0.39 is 66.2 Å². The van der Waals surface area contributed by atoms with Gasteiger partial charge in [-0.15, -0.1) is 0 Å². The van der Waals surface area contributed by atoms with Gasteiger partial charge in [0.1, 0.15) is 92.7 Å². The molecule has 0 radical (unpaired) electrons. The second-order valence-corrected chi connectivity index (χ2v) is 22.2. The minimum atomic E-state index is -1.89. The van der Waals surface area contributed by atoms with Gasteiger partial charge in [-0.05, 0) is 123 Å². The van der Waals surface area contributed by atoms with Gasteiger partial charge < -0.3 is 40.8 Å². The molecule has 0 bridgehead atoms. The first-order valence-corrected chi connectivity index (χ1v) is 27.1. The van der Waals surface area contributed by atoms with Crippen molar-refractivity contribution in [2.75, 3.05) is 35.4 Å². The van der Waals surface area contributed by atoms with Gasteiger partial charge in [-0.1, -0.05) is 34.8 Å². The van der Waals surface area contributed by atoms with E-state index >= 15 is 0 Å². The summed E-state index contributed by atoms with van der Waals surface area (Å²) < 4.78 is 14.0. The van der Waals surface area contributed by atoms with Gasteiger partial charge in [0, 0.05) is 46.1 Å². The Bertz CT molecular complexity index is 3820. The molecule has 6 amide bonds. The van der Waals surface area contributed by atoms with Crippen molar-refractivity contribution in [2.24, 2.45) is 14.1 Å². The Kier molecular flexibility index (Phi) is 21.4. The number of nitrogens with zero attached hydrogens (tertiary/aromatic N) is 14. The van der Waals surface area contributed by atoms with Crippen molar-refractivity contribution >= 4 is 129 Å². The molecule has 32 heteroatoms. The third kappa shape index (κ3) is 17.5. The van der Waals surface area contributed by atoms with Crippen molar-refractivity contribution < 1.29 is 48.3 Å². The molecule has 0 aliphatic carbocycles. The van der Waals surface area contributed by atoms with Crippen LogP contribution in [-0.2, 0) is 33.2 Å². The quantitative estimate of drug-likeness (QED) is 0.0540. The molecule has 8 rings (SSSR count). The molecule has 0 aliphatic heterocycles. The summed E-state index contributed by atoms with van der Waals surface area (Å²) >= 11 is 17.5. The van der Waals surface area contributed by atoms with E-state index in [1.54, 1.807) is 83.1 Å². The zero-order valence-corrected chi connectivity index (χ0v) is 51.5. The molecule has 0 saturated heterocycles. The van der Waals surface area contributed by atoms with Crippen molar-refractivity contribution in [1.29, 1.82) is 0 Å². The summed E-state index contributed by atoms with van der Waals surface area (Å²) in [6.45, 7) is 17.1. The Labute approximate surface area is 508 Å². The standard InChI is InChI=1S/C27H30ClN9O4.C20H25BClN5O6.C7H7ClN4/c1-14-21-23(37(7)35-14)22(31-13-30-21)16-10-19(33-24(38)15(2)36(6)26(40)41-27(3,4)5)32-20(11-16)34-25(39)18-9-8-17(28)12-29-18;1-11(27(5)19(30)33-20(2,3)4)17(28)25-15-8-12(21(31)32)9-16(24-15)26-18(29)14-7-6-13(22)10-23-14;1-4-5-6(12(2)11-4)7(8)10-3-9-5/h8-13,15H,1-7H3,(H2,32,33,34,38,39);6-11,31-32H,1-5H3,(H2,24,25,26,28,29);3H,1-2H3. The molecule has 8 heterocycles. The molecular weight excluding hydrogens is 1180 g/mol. The second-order valence-electron chi connectivity index (χ2n) is 21.0. The highest BCUT2D eigenvalue weighted by Crippen LogP contribution is 2.30. The largest absolute Gasteiger partial charge is 0.488 e. The van der Waals surface area contributed by atoms with Gasteiger partial charge in [-0.25, -0.2) is 49.5 Å². The van der Waals surface area contributed by atoms with Crippen LogP contribution in [0.5, 0.6) is 0 Å². The van der Waals surface area contributed by atoms with E-state index in [-0.39, 0.29) is 40.1 Å². The van der Waals surface area contributed by atoms with E-state index in [9.17, 15) is 38.8 Å². The summed E-state index contributed by atoms with van der Waals surface area (Å²) in [7, 11) is 4.58. The molecule has 2 unspecified atom stereocenters. The monoisotopic (exact) mass is 1240 g/mol. The molecule has 8 aromatic heterocycles. The first kappa shape index (κ1) is 66.1. The van der Waals surface area contributed by atoms with Gasteiger partial charge >= 0.3 is 19.3 Å². The lowest BCUT2D eigenvalue weighted by Crippen LogP contribution is -2.45. The van der Waals surface area contributed by atoms with Crippen LogP contribution in [0.25, 0.3) is 33.3 Å². The number of ether oxygens (including phenoxy) is 2. The number of halogens is 3. The summed E-state index contributed by atoms with van der Waals surface area (Å²) in [5, 5.41) is 39.3. The molecular formula is C54H62BCl3N18O10. The third-order valence-corrected chi connectivity index (χ3v) is 12.7. The van der Waals surface area contributed by atoms with Gasteiger partial charge in [0.15, 0.2) is 5.15 Å². The lowest BCUT2D eigenvalue weighted by atomic mass is 9.81. The van der Waals surface area contributed by atoms with Crippen LogP contribution in [-0.4, -0.2) is 160 Å². The minimum absolute atomic E-state index is 0.0344. The highest BCUT2D eigenvalue weighted by Gasteiger charge is 2.30. The number of hydrogen-bond acceptors (Lipinski definition) is 20. The van der Waals surface area contributed by atoms with E-state index in [1.807, 2.05) is 20.9 Å². The Morgan fingerprint density at radius 1 is 0.581 bits per heavy atom. The average Bonchev–Trinajstić information content (AvgIpc) is 3.94. The fourth-order valence-electron chi connectivity index (χ4n) is 7.52. The van der Waals surface area contributed by atoms with Crippen LogP contribution in [0.1, 0.15) is 87.8 Å².